The number of nitrogens with zero attached hydrogens (tertiary/aromatic N) is 1. The first-order chi connectivity index (χ1) is 7.83. The van der Waals surface area contributed by atoms with Gasteiger partial charge >= 0.3 is 0 Å². The minimum atomic E-state index is 0.742. The maximum atomic E-state index is 4.35. The van der Waals surface area contributed by atoms with Gasteiger partial charge in [0.15, 0.2) is 0 Å². The van der Waals surface area contributed by atoms with Crippen molar-refractivity contribution in [2.45, 2.75) is 13.3 Å². The molecule has 0 fully saturated rings. The SMILES string of the molecule is CC1CC=C(c2ccc3scnc3c2)NC1. The Kier molecular flexibility index (Phi) is 2.40. The van der Waals surface area contributed by atoms with E-state index >= 15 is 0 Å². The number of aromatic nitrogens is 1. The van der Waals surface area contributed by atoms with Gasteiger partial charge in [-0.1, -0.05) is 19.1 Å². The number of nitrogens with one attached hydrogen (secondary N) is 1. The second-order valence-electron chi connectivity index (χ2n) is 4.37. The zero-order chi connectivity index (χ0) is 11.0. The van der Waals surface area contributed by atoms with E-state index in [1.807, 2.05) is 5.51 Å². The highest BCUT2D eigenvalue weighted by atomic mass is 32.1. The standard InChI is InChI=1S/C13H14N2S/c1-9-2-4-11(14-7-9)10-3-5-13-12(6-10)15-8-16-13/h3-6,8-9,14H,2,7H2,1H3. The highest BCUT2D eigenvalue weighted by Gasteiger charge is 2.11. The highest BCUT2D eigenvalue weighted by Crippen LogP contribution is 2.24. The average molecular weight is 230 g/mol. The van der Waals surface area contributed by atoms with Crippen LogP contribution in [-0.2, 0) is 0 Å². The fourth-order valence-corrected chi connectivity index (χ4v) is 2.66. The van der Waals surface area contributed by atoms with Crippen LogP contribution in [0.15, 0.2) is 29.8 Å². The van der Waals surface area contributed by atoms with Gasteiger partial charge in [-0.2, -0.15) is 0 Å². The third-order valence-electron chi connectivity index (χ3n) is 3.01. The van der Waals surface area contributed by atoms with E-state index in [2.05, 4.69) is 41.5 Å². The Balaban J connectivity index is 1.99. The molecule has 1 aliphatic heterocycles. The lowest BCUT2D eigenvalue weighted by atomic mass is 10.0. The predicted octanol–water partition coefficient (Wildman–Crippen LogP) is 3.27. The summed E-state index contributed by atoms with van der Waals surface area (Å²) in [4.78, 5) is 4.35. The van der Waals surface area contributed by atoms with Gasteiger partial charge in [0.2, 0.25) is 0 Å². The summed E-state index contributed by atoms with van der Waals surface area (Å²) >= 11 is 1.69. The second-order valence-corrected chi connectivity index (χ2v) is 5.26. The van der Waals surface area contributed by atoms with Crippen molar-refractivity contribution in [3.05, 3.63) is 35.3 Å². The Morgan fingerprint density at radius 2 is 2.38 bits per heavy atom. The van der Waals surface area contributed by atoms with Crippen LogP contribution in [0.2, 0.25) is 0 Å². The number of allylic oxidation sites excluding steroid dienone is 1. The summed E-state index contributed by atoms with van der Waals surface area (Å²) in [5.74, 6) is 0.742. The molecule has 2 heterocycles. The summed E-state index contributed by atoms with van der Waals surface area (Å²) in [6.07, 6.45) is 3.46. The van der Waals surface area contributed by atoms with Gasteiger partial charge in [0.1, 0.15) is 0 Å². The van der Waals surface area contributed by atoms with Gasteiger partial charge in [-0.25, -0.2) is 4.98 Å². The number of fused-ring (bicyclic) bond motifs is 1. The lowest BCUT2D eigenvalue weighted by molar-refractivity contribution is 0.550. The molecule has 1 N–H and O–H groups in total. The van der Waals surface area contributed by atoms with E-state index < -0.39 is 0 Å². The van der Waals surface area contributed by atoms with Crippen LogP contribution in [-0.4, -0.2) is 11.5 Å². The Bertz CT molecular complexity index is 542. The molecule has 2 aromatic rings. The molecule has 0 bridgehead atoms. The Morgan fingerprint density at radius 3 is 3.19 bits per heavy atom. The van der Waals surface area contributed by atoms with Crippen LogP contribution in [0.25, 0.3) is 15.9 Å². The summed E-state index contributed by atoms with van der Waals surface area (Å²) in [5, 5.41) is 3.48. The van der Waals surface area contributed by atoms with Crippen LogP contribution in [0, 0.1) is 5.92 Å². The van der Waals surface area contributed by atoms with Gasteiger partial charge in [0.05, 0.1) is 15.7 Å². The van der Waals surface area contributed by atoms with E-state index in [4.69, 9.17) is 0 Å². The number of thiazole rings is 1. The average Bonchev–Trinajstić information content (AvgIpc) is 2.77. The Morgan fingerprint density at radius 1 is 1.44 bits per heavy atom. The maximum absolute atomic E-state index is 4.35. The van der Waals surface area contributed by atoms with Crippen LogP contribution < -0.4 is 5.32 Å². The van der Waals surface area contributed by atoms with Gasteiger partial charge in [-0.05, 0) is 30.0 Å². The first-order valence-corrected chi connectivity index (χ1v) is 6.48. The zero-order valence-electron chi connectivity index (χ0n) is 9.23. The molecular weight excluding hydrogens is 216 g/mol. The van der Waals surface area contributed by atoms with Gasteiger partial charge < -0.3 is 5.32 Å². The third-order valence-corrected chi connectivity index (χ3v) is 3.82. The minimum absolute atomic E-state index is 0.742. The zero-order valence-corrected chi connectivity index (χ0v) is 10.1. The smallest absolute Gasteiger partial charge is 0.0818 e. The quantitative estimate of drug-likeness (QED) is 0.813. The summed E-state index contributed by atoms with van der Waals surface area (Å²) in [6.45, 7) is 3.34. The molecule has 3 heteroatoms. The van der Waals surface area contributed by atoms with E-state index in [0.717, 1.165) is 24.4 Å². The van der Waals surface area contributed by atoms with E-state index in [-0.39, 0.29) is 0 Å². The molecule has 1 atom stereocenters. The molecule has 1 unspecified atom stereocenters. The summed E-state index contributed by atoms with van der Waals surface area (Å²) in [5.41, 5.74) is 5.52. The molecule has 1 aromatic carbocycles. The maximum Gasteiger partial charge on any atom is 0.0818 e. The van der Waals surface area contributed by atoms with Crippen LogP contribution in [0.5, 0.6) is 0 Å². The van der Waals surface area contributed by atoms with E-state index in [1.165, 1.54) is 16.0 Å². The number of hydrogen-bond donors (Lipinski definition) is 1. The predicted molar refractivity (Wildman–Crippen MR) is 69.4 cm³/mol. The van der Waals surface area contributed by atoms with E-state index in [0.29, 0.717) is 0 Å². The third kappa shape index (κ3) is 1.71. The summed E-state index contributed by atoms with van der Waals surface area (Å²) in [7, 11) is 0. The topological polar surface area (TPSA) is 24.9 Å². The number of benzene rings is 1. The molecule has 2 nitrogen and oxygen atoms in total. The molecular formula is C13H14N2S. The second kappa shape index (κ2) is 3.91. The highest BCUT2D eigenvalue weighted by molar-refractivity contribution is 7.16. The van der Waals surface area contributed by atoms with Crippen molar-refractivity contribution in [1.82, 2.24) is 10.3 Å². The minimum Gasteiger partial charge on any atom is -0.385 e. The molecule has 3 rings (SSSR count). The first kappa shape index (κ1) is 9.85. The van der Waals surface area contributed by atoms with Crippen LogP contribution in [0.1, 0.15) is 18.9 Å². The first-order valence-electron chi connectivity index (χ1n) is 5.60. The Labute approximate surface area is 99.0 Å². The molecule has 0 saturated carbocycles. The monoisotopic (exact) mass is 230 g/mol. The lowest BCUT2D eigenvalue weighted by Gasteiger charge is -2.20. The van der Waals surface area contributed by atoms with Gasteiger partial charge in [-0.15, -0.1) is 11.3 Å². The van der Waals surface area contributed by atoms with Gasteiger partial charge in [0.25, 0.3) is 0 Å². The Hall–Kier alpha value is -1.35. The van der Waals surface area contributed by atoms with E-state index in [1.54, 1.807) is 11.3 Å². The normalized spacial score (nSPS) is 20.6. The molecule has 82 valence electrons. The van der Waals surface area contributed by atoms with Crippen LogP contribution in [0.4, 0.5) is 0 Å². The molecule has 0 amide bonds. The lowest BCUT2D eigenvalue weighted by Crippen LogP contribution is -2.23. The van der Waals surface area contributed by atoms with Crippen LogP contribution in [0.3, 0.4) is 0 Å². The molecule has 0 aliphatic carbocycles. The molecule has 1 aliphatic rings. The van der Waals surface area contributed by atoms with Crippen molar-refractivity contribution in [3.63, 3.8) is 0 Å². The molecule has 1 aromatic heterocycles. The molecule has 0 radical (unpaired) electrons. The van der Waals surface area contributed by atoms with Crippen molar-refractivity contribution in [3.8, 4) is 0 Å². The fraction of sp³-hybridized carbons (Fsp3) is 0.308. The van der Waals surface area contributed by atoms with Gasteiger partial charge in [-0.3, -0.25) is 0 Å². The van der Waals surface area contributed by atoms with Crippen molar-refractivity contribution in [2.24, 2.45) is 5.92 Å². The number of rotatable bonds is 1. The van der Waals surface area contributed by atoms with Crippen molar-refractivity contribution < 1.29 is 0 Å². The molecule has 0 saturated heterocycles. The fourth-order valence-electron chi connectivity index (χ4n) is 2.00. The van der Waals surface area contributed by atoms with Crippen LogP contribution >= 0.6 is 11.3 Å². The van der Waals surface area contributed by atoms with E-state index in [9.17, 15) is 0 Å². The summed E-state index contributed by atoms with van der Waals surface area (Å²) in [6, 6.07) is 6.50. The molecule has 0 spiro atoms. The summed E-state index contributed by atoms with van der Waals surface area (Å²) < 4.78 is 1.26. The van der Waals surface area contributed by atoms with Crippen molar-refractivity contribution in [2.75, 3.05) is 6.54 Å². The largest absolute Gasteiger partial charge is 0.385 e. The van der Waals surface area contributed by atoms with Crippen molar-refractivity contribution >= 4 is 27.3 Å². The van der Waals surface area contributed by atoms with Gasteiger partial charge in [0, 0.05) is 12.2 Å². The molecule has 16 heavy (non-hydrogen) atoms. The van der Waals surface area contributed by atoms with Crippen molar-refractivity contribution in [1.29, 1.82) is 0 Å². The number of hydrogen-bond acceptors (Lipinski definition) is 3.